The number of rotatable bonds is 4. The third-order valence-corrected chi connectivity index (χ3v) is 3.34. The highest BCUT2D eigenvalue weighted by atomic mass is 35.5. The molecule has 1 aromatic rings. The van der Waals surface area contributed by atoms with E-state index in [9.17, 15) is 4.39 Å². The fourth-order valence-corrected chi connectivity index (χ4v) is 2.31. The van der Waals surface area contributed by atoms with Crippen molar-refractivity contribution in [3.63, 3.8) is 0 Å². The van der Waals surface area contributed by atoms with Crippen molar-refractivity contribution < 1.29 is 9.13 Å². The highest BCUT2D eigenvalue weighted by Crippen LogP contribution is 2.27. The second-order valence-electron chi connectivity index (χ2n) is 4.33. The van der Waals surface area contributed by atoms with Gasteiger partial charge in [0.15, 0.2) is 11.6 Å². The number of piperidine rings is 1. The fourth-order valence-electron chi connectivity index (χ4n) is 2.09. The van der Waals surface area contributed by atoms with Crippen LogP contribution in [0.15, 0.2) is 18.2 Å². The average molecular weight is 258 g/mol. The van der Waals surface area contributed by atoms with E-state index in [1.54, 1.807) is 12.1 Å². The van der Waals surface area contributed by atoms with Gasteiger partial charge in [0, 0.05) is 6.04 Å². The van der Waals surface area contributed by atoms with Crippen LogP contribution in [0.2, 0.25) is 5.02 Å². The molecule has 94 valence electrons. The lowest BCUT2D eigenvalue weighted by Gasteiger charge is -2.23. The number of nitrogens with one attached hydrogen (secondary N) is 1. The van der Waals surface area contributed by atoms with Crippen LogP contribution in [0.1, 0.15) is 25.7 Å². The van der Waals surface area contributed by atoms with E-state index in [4.69, 9.17) is 16.3 Å². The molecule has 1 aliphatic heterocycles. The van der Waals surface area contributed by atoms with E-state index >= 15 is 0 Å². The molecule has 0 saturated carbocycles. The van der Waals surface area contributed by atoms with E-state index in [1.165, 1.54) is 25.3 Å². The van der Waals surface area contributed by atoms with Crippen molar-refractivity contribution in [1.82, 2.24) is 5.32 Å². The maximum Gasteiger partial charge on any atom is 0.173 e. The van der Waals surface area contributed by atoms with E-state index in [2.05, 4.69) is 5.32 Å². The highest BCUT2D eigenvalue weighted by Gasteiger charge is 2.13. The molecule has 0 spiro atoms. The van der Waals surface area contributed by atoms with E-state index in [1.807, 2.05) is 0 Å². The summed E-state index contributed by atoms with van der Waals surface area (Å²) in [5, 5.41) is 3.76. The molecule has 1 unspecified atom stereocenters. The van der Waals surface area contributed by atoms with Crippen LogP contribution in [-0.2, 0) is 0 Å². The SMILES string of the molecule is Fc1cccc(Cl)c1OCCC1CCCCN1. The van der Waals surface area contributed by atoms with Crippen LogP contribution in [0.4, 0.5) is 4.39 Å². The molecule has 1 atom stereocenters. The maximum absolute atomic E-state index is 13.4. The Morgan fingerprint density at radius 1 is 1.41 bits per heavy atom. The summed E-state index contributed by atoms with van der Waals surface area (Å²) in [6.07, 6.45) is 4.58. The molecule has 1 heterocycles. The Kier molecular flexibility index (Phi) is 4.63. The Morgan fingerprint density at radius 3 is 3.00 bits per heavy atom. The summed E-state index contributed by atoms with van der Waals surface area (Å²) in [6.45, 7) is 1.57. The topological polar surface area (TPSA) is 21.3 Å². The van der Waals surface area contributed by atoms with Gasteiger partial charge in [-0.2, -0.15) is 0 Å². The zero-order chi connectivity index (χ0) is 12.1. The largest absolute Gasteiger partial charge is 0.489 e. The molecule has 0 aromatic heterocycles. The average Bonchev–Trinajstić information content (AvgIpc) is 2.34. The molecule has 1 aromatic carbocycles. The molecule has 0 amide bonds. The Bertz CT molecular complexity index is 346. The molecule has 2 nitrogen and oxygen atoms in total. The molecular formula is C13H17ClFNO. The van der Waals surface area contributed by atoms with Gasteiger partial charge in [-0.3, -0.25) is 0 Å². The van der Waals surface area contributed by atoms with Crippen molar-refractivity contribution in [3.05, 3.63) is 29.0 Å². The molecule has 0 radical (unpaired) electrons. The van der Waals surface area contributed by atoms with Crippen LogP contribution in [-0.4, -0.2) is 19.2 Å². The Labute approximate surface area is 106 Å². The van der Waals surface area contributed by atoms with Gasteiger partial charge in [0.2, 0.25) is 0 Å². The van der Waals surface area contributed by atoms with Gasteiger partial charge >= 0.3 is 0 Å². The molecule has 17 heavy (non-hydrogen) atoms. The van der Waals surface area contributed by atoms with Gasteiger partial charge in [-0.15, -0.1) is 0 Å². The first-order chi connectivity index (χ1) is 8.27. The molecule has 2 rings (SSSR count). The second kappa shape index (κ2) is 6.22. The van der Waals surface area contributed by atoms with Crippen LogP contribution in [0.3, 0.4) is 0 Å². The lowest BCUT2D eigenvalue weighted by atomic mass is 10.0. The minimum atomic E-state index is -0.394. The molecule has 0 bridgehead atoms. The van der Waals surface area contributed by atoms with E-state index < -0.39 is 5.82 Å². The Morgan fingerprint density at radius 2 is 2.29 bits per heavy atom. The summed E-state index contributed by atoms with van der Waals surface area (Å²) in [5.41, 5.74) is 0. The number of ether oxygens (including phenoxy) is 1. The first kappa shape index (κ1) is 12.7. The zero-order valence-corrected chi connectivity index (χ0v) is 10.5. The van der Waals surface area contributed by atoms with Crippen molar-refractivity contribution >= 4 is 11.6 Å². The van der Waals surface area contributed by atoms with Crippen molar-refractivity contribution in [1.29, 1.82) is 0 Å². The summed E-state index contributed by atoms with van der Waals surface area (Å²) in [6, 6.07) is 5.07. The quantitative estimate of drug-likeness (QED) is 0.893. The number of hydrogen-bond donors (Lipinski definition) is 1. The summed E-state index contributed by atoms with van der Waals surface area (Å²) in [5.74, 6) is -0.223. The lowest BCUT2D eigenvalue weighted by Crippen LogP contribution is -2.35. The van der Waals surface area contributed by atoms with Crippen LogP contribution < -0.4 is 10.1 Å². The third kappa shape index (κ3) is 3.58. The summed E-state index contributed by atoms with van der Waals surface area (Å²) in [4.78, 5) is 0. The van der Waals surface area contributed by atoms with Gasteiger partial charge in [0.05, 0.1) is 11.6 Å². The summed E-state index contributed by atoms with van der Waals surface area (Å²) < 4.78 is 18.8. The Balaban J connectivity index is 1.81. The van der Waals surface area contributed by atoms with Crippen LogP contribution >= 0.6 is 11.6 Å². The number of hydrogen-bond acceptors (Lipinski definition) is 2. The predicted molar refractivity (Wildman–Crippen MR) is 67.2 cm³/mol. The molecule has 0 aliphatic carbocycles. The predicted octanol–water partition coefficient (Wildman–Crippen LogP) is 3.39. The number of halogens is 2. The maximum atomic E-state index is 13.4. The minimum Gasteiger partial charge on any atom is -0.489 e. The number of para-hydroxylation sites is 1. The molecular weight excluding hydrogens is 241 g/mol. The van der Waals surface area contributed by atoms with Crippen LogP contribution in [0.5, 0.6) is 5.75 Å². The third-order valence-electron chi connectivity index (χ3n) is 3.04. The first-order valence-corrected chi connectivity index (χ1v) is 6.45. The minimum absolute atomic E-state index is 0.171. The summed E-state index contributed by atoms with van der Waals surface area (Å²) >= 11 is 5.87. The van der Waals surface area contributed by atoms with Crippen molar-refractivity contribution in [3.8, 4) is 5.75 Å². The first-order valence-electron chi connectivity index (χ1n) is 6.07. The highest BCUT2D eigenvalue weighted by molar-refractivity contribution is 6.32. The van der Waals surface area contributed by atoms with E-state index in [0.29, 0.717) is 17.7 Å². The number of benzene rings is 1. The molecule has 1 saturated heterocycles. The Hall–Kier alpha value is -0.800. The molecule has 1 N–H and O–H groups in total. The van der Waals surface area contributed by atoms with Gasteiger partial charge in [-0.05, 0) is 37.9 Å². The zero-order valence-electron chi connectivity index (χ0n) is 9.72. The van der Waals surface area contributed by atoms with Gasteiger partial charge in [0.1, 0.15) is 0 Å². The lowest BCUT2D eigenvalue weighted by molar-refractivity contribution is 0.259. The van der Waals surface area contributed by atoms with E-state index in [-0.39, 0.29) is 5.75 Å². The smallest absolute Gasteiger partial charge is 0.173 e. The van der Waals surface area contributed by atoms with Gasteiger partial charge < -0.3 is 10.1 Å². The molecule has 1 fully saturated rings. The van der Waals surface area contributed by atoms with Crippen molar-refractivity contribution in [2.45, 2.75) is 31.7 Å². The second-order valence-corrected chi connectivity index (χ2v) is 4.74. The van der Waals surface area contributed by atoms with Crippen LogP contribution in [0.25, 0.3) is 0 Å². The molecule has 1 aliphatic rings. The van der Waals surface area contributed by atoms with Gasteiger partial charge in [-0.1, -0.05) is 24.1 Å². The van der Waals surface area contributed by atoms with Gasteiger partial charge in [0.25, 0.3) is 0 Å². The van der Waals surface area contributed by atoms with E-state index in [0.717, 1.165) is 13.0 Å². The van der Waals surface area contributed by atoms with Crippen molar-refractivity contribution in [2.24, 2.45) is 0 Å². The molecule has 4 heteroatoms. The normalized spacial score (nSPS) is 20.2. The van der Waals surface area contributed by atoms with Crippen LogP contribution in [0, 0.1) is 5.82 Å². The van der Waals surface area contributed by atoms with Crippen molar-refractivity contribution in [2.75, 3.05) is 13.2 Å². The summed E-state index contributed by atoms with van der Waals surface area (Å²) in [7, 11) is 0. The standard InChI is InChI=1S/C13H17ClFNO/c14-11-5-3-6-12(15)13(11)17-9-7-10-4-1-2-8-16-10/h3,5-6,10,16H,1-2,4,7-9H2. The fraction of sp³-hybridized carbons (Fsp3) is 0.538. The van der Waals surface area contributed by atoms with Gasteiger partial charge in [-0.25, -0.2) is 4.39 Å². The monoisotopic (exact) mass is 257 g/mol.